The molecule has 1 N–H and O–H groups in total. The van der Waals surface area contributed by atoms with Crippen molar-refractivity contribution in [3.8, 4) is 5.95 Å². The zero-order valence-electron chi connectivity index (χ0n) is 17.9. The van der Waals surface area contributed by atoms with Crippen LogP contribution in [0.2, 0.25) is 0 Å². The van der Waals surface area contributed by atoms with Gasteiger partial charge in [0.05, 0.1) is 12.2 Å². The molecule has 0 radical (unpaired) electrons. The molecule has 2 aromatic rings. The highest BCUT2D eigenvalue weighted by molar-refractivity contribution is 5.91. The molecule has 2 saturated heterocycles. The van der Waals surface area contributed by atoms with Gasteiger partial charge in [-0.25, -0.2) is 9.97 Å². The first-order chi connectivity index (χ1) is 13.8. The first-order valence-corrected chi connectivity index (χ1v) is 10.4. The number of amides is 1. The van der Waals surface area contributed by atoms with E-state index in [1.54, 1.807) is 4.68 Å². The van der Waals surface area contributed by atoms with E-state index in [0.717, 1.165) is 36.7 Å². The number of piperidine rings is 1. The molecule has 8 nitrogen and oxygen atoms in total. The molecule has 4 rings (SSSR count). The minimum atomic E-state index is -0.0169. The number of rotatable bonds is 4. The van der Waals surface area contributed by atoms with Gasteiger partial charge in [0.2, 0.25) is 5.91 Å². The number of carbonyl (C=O) groups excluding carboxylic acids is 1. The van der Waals surface area contributed by atoms with Crippen molar-refractivity contribution < 1.29 is 4.79 Å². The third kappa shape index (κ3) is 4.48. The summed E-state index contributed by atoms with van der Waals surface area (Å²) in [5.74, 6) is 1.08. The number of carbonyl (C=O) groups is 1. The third-order valence-electron chi connectivity index (χ3n) is 6.00. The second-order valence-electron chi connectivity index (χ2n) is 8.88. The summed E-state index contributed by atoms with van der Waals surface area (Å²) in [6, 6.07) is 3.78. The van der Waals surface area contributed by atoms with Crippen LogP contribution in [0.25, 0.3) is 5.95 Å². The number of nitrogens with zero attached hydrogens (tertiary/aromatic N) is 6. The first-order valence-electron chi connectivity index (χ1n) is 10.4. The number of nitrogens with one attached hydrogen (secondary N) is 1. The van der Waals surface area contributed by atoms with Gasteiger partial charge in [0.25, 0.3) is 5.95 Å². The molecule has 8 heteroatoms. The molecule has 0 aliphatic carbocycles. The van der Waals surface area contributed by atoms with Gasteiger partial charge in [0, 0.05) is 30.5 Å². The molecule has 0 bridgehead atoms. The molecule has 1 atom stereocenters. The van der Waals surface area contributed by atoms with Crippen molar-refractivity contribution in [1.82, 2.24) is 29.5 Å². The minimum absolute atomic E-state index is 0.0169. The number of aryl methyl sites for hydroxylation is 3. The zero-order valence-corrected chi connectivity index (χ0v) is 17.9. The molecule has 1 unspecified atom stereocenters. The van der Waals surface area contributed by atoms with Crippen LogP contribution in [0.5, 0.6) is 0 Å². The summed E-state index contributed by atoms with van der Waals surface area (Å²) in [6.45, 7) is 10.5. The number of anilines is 1. The van der Waals surface area contributed by atoms with Gasteiger partial charge >= 0.3 is 0 Å². The van der Waals surface area contributed by atoms with Crippen LogP contribution in [0, 0.1) is 26.2 Å². The fourth-order valence-corrected chi connectivity index (χ4v) is 4.88. The second kappa shape index (κ2) is 7.84. The second-order valence-corrected chi connectivity index (χ2v) is 8.88. The highest BCUT2D eigenvalue weighted by atomic mass is 16.2. The summed E-state index contributed by atoms with van der Waals surface area (Å²) in [7, 11) is 2.20. The number of aromatic nitrogens is 4. The van der Waals surface area contributed by atoms with Gasteiger partial charge in [-0.15, -0.1) is 0 Å². The molecule has 1 spiro atoms. The fourth-order valence-electron chi connectivity index (χ4n) is 4.88. The molecule has 0 aromatic carbocycles. The Kier molecular flexibility index (Phi) is 5.40. The standard InChI is InChI=1S/C21H31N7O/c1-15-10-16(2)23-20(22-15)28-18(11-17(3)25-28)24-19(29)12-27-9-7-21(14-27)6-5-8-26(4)13-21/h10-11H,5-9,12-14H2,1-4H3,(H,24,29). The quantitative estimate of drug-likeness (QED) is 0.849. The molecule has 0 saturated carbocycles. The lowest BCUT2D eigenvalue weighted by Gasteiger charge is -2.38. The maximum absolute atomic E-state index is 12.8. The summed E-state index contributed by atoms with van der Waals surface area (Å²) in [4.78, 5) is 26.5. The Balaban J connectivity index is 1.43. The van der Waals surface area contributed by atoms with Gasteiger partial charge in [-0.2, -0.15) is 9.78 Å². The van der Waals surface area contributed by atoms with Crippen molar-refractivity contribution in [3.05, 3.63) is 29.2 Å². The predicted molar refractivity (Wildman–Crippen MR) is 112 cm³/mol. The normalized spacial score (nSPS) is 23.0. The average Bonchev–Trinajstić information content (AvgIpc) is 3.17. The molecule has 1 amide bonds. The topological polar surface area (TPSA) is 79.2 Å². The summed E-state index contributed by atoms with van der Waals surface area (Å²) < 4.78 is 1.62. The van der Waals surface area contributed by atoms with Crippen molar-refractivity contribution in [3.63, 3.8) is 0 Å². The van der Waals surface area contributed by atoms with E-state index in [4.69, 9.17) is 0 Å². The largest absolute Gasteiger partial charge is 0.309 e. The maximum Gasteiger partial charge on any atom is 0.252 e. The highest BCUT2D eigenvalue weighted by Gasteiger charge is 2.40. The van der Waals surface area contributed by atoms with Crippen LogP contribution in [0.1, 0.15) is 36.3 Å². The predicted octanol–water partition coefficient (Wildman–Crippen LogP) is 1.94. The van der Waals surface area contributed by atoms with Crippen LogP contribution >= 0.6 is 0 Å². The molecule has 29 heavy (non-hydrogen) atoms. The van der Waals surface area contributed by atoms with E-state index in [1.807, 2.05) is 32.9 Å². The van der Waals surface area contributed by atoms with Gasteiger partial charge in [0.15, 0.2) is 0 Å². The van der Waals surface area contributed by atoms with Crippen molar-refractivity contribution in [2.24, 2.45) is 5.41 Å². The Morgan fingerprint density at radius 3 is 2.55 bits per heavy atom. The van der Waals surface area contributed by atoms with Crippen molar-refractivity contribution in [2.75, 3.05) is 45.1 Å². The Morgan fingerprint density at radius 1 is 1.07 bits per heavy atom. The van der Waals surface area contributed by atoms with Gasteiger partial charge in [-0.3, -0.25) is 9.69 Å². The van der Waals surface area contributed by atoms with Crippen LogP contribution in [0.3, 0.4) is 0 Å². The van der Waals surface area contributed by atoms with E-state index < -0.39 is 0 Å². The Hall–Kier alpha value is -2.32. The lowest BCUT2D eigenvalue weighted by Crippen LogP contribution is -2.43. The van der Waals surface area contributed by atoms with E-state index in [9.17, 15) is 4.79 Å². The number of hydrogen-bond donors (Lipinski definition) is 1. The Labute approximate surface area is 172 Å². The van der Waals surface area contributed by atoms with Crippen molar-refractivity contribution in [2.45, 2.75) is 40.0 Å². The molecule has 2 aliphatic rings. The Bertz CT molecular complexity index is 888. The molecule has 4 heterocycles. The Morgan fingerprint density at radius 2 is 1.83 bits per heavy atom. The summed E-state index contributed by atoms with van der Waals surface area (Å²) in [6.07, 6.45) is 3.70. The maximum atomic E-state index is 12.8. The van der Waals surface area contributed by atoms with E-state index >= 15 is 0 Å². The van der Waals surface area contributed by atoms with Crippen LogP contribution in [0.4, 0.5) is 5.82 Å². The summed E-state index contributed by atoms with van der Waals surface area (Å²) >= 11 is 0. The number of hydrogen-bond acceptors (Lipinski definition) is 6. The first kappa shape index (κ1) is 20.0. The molecular formula is C21H31N7O. The van der Waals surface area contributed by atoms with Gasteiger partial charge in [0.1, 0.15) is 5.82 Å². The SMILES string of the molecule is Cc1cc(C)nc(-n2nc(C)cc2NC(=O)CN2CCC3(CCCN(C)C3)C2)n1. The lowest BCUT2D eigenvalue weighted by molar-refractivity contribution is -0.117. The summed E-state index contributed by atoms with van der Waals surface area (Å²) in [5.41, 5.74) is 2.92. The van der Waals surface area contributed by atoms with Gasteiger partial charge in [-0.1, -0.05) is 0 Å². The smallest absolute Gasteiger partial charge is 0.252 e. The van der Waals surface area contributed by atoms with Gasteiger partial charge in [-0.05, 0) is 71.7 Å². The van der Waals surface area contributed by atoms with Crippen molar-refractivity contribution in [1.29, 1.82) is 0 Å². The molecular weight excluding hydrogens is 366 g/mol. The average molecular weight is 398 g/mol. The van der Waals surface area contributed by atoms with E-state index in [0.29, 0.717) is 23.7 Å². The monoisotopic (exact) mass is 397 g/mol. The number of likely N-dealkylation sites (tertiary alicyclic amines) is 2. The molecule has 156 valence electrons. The lowest BCUT2D eigenvalue weighted by atomic mass is 9.79. The third-order valence-corrected chi connectivity index (χ3v) is 6.00. The minimum Gasteiger partial charge on any atom is -0.309 e. The van der Waals surface area contributed by atoms with Crippen LogP contribution < -0.4 is 5.32 Å². The molecule has 2 fully saturated rings. The van der Waals surface area contributed by atoms with Crippen LogP contribution in [0.15, 0.2) is 12.1 Å². The fraction of sp³-hybridized carbons (Fsp3) is 0.619. The van der Waals surface area contributed by atoms with E-state index in [1.165, 1.54) is 25.8 Å². The van der Waals surface area contributed by atoms with Crippen LogP contribution in [-0.2, 0) is 4.79 Å². The van der Waals surface area contributed by atoms with Crippen molar-refractivity contribution >= 4 is 11.7 Å². The summed E-state index contributed by atoms with van der Waals surface area (Å²) in [5, 5.41) is 7.51. The molecule has 2 aromatic heterocycles. The van der Waals surface area contributed by atoms with E-state index in [-0.39, 0.29) is 5.91 Å². The van der Waals surface area contributed by atoms with E-state index in [2.05, 4.69) is 37.2 Å². The highest BCUT2D eigenvalue weighted by Crippen LogP contribution is 2.38. The van der Waals surface area contributed by atoms with Crippen LogP contribution in [-0.4, -0.2) is 75.2 Å². The van der Waals surface area contributed by atoms with Gasteiger partial charge < -0.3 is 10.2 Å². The zero-order chi connectivity index (χ0) is 20.6. The molecule has 2 aliphatic heterocycles.